The summed E-state index contributed by atoms with van der Waals surface area (Å²) in [5.74, 6) is -0.560. The van der Waals surface area contributed by atoms with Crippen molar-refractivity contribution >= 4 is 5.91 Å². The number of amides is 1. The quantitative estimate of drug-likeness (QED) is 0.654. The standard InChI is InChI=1S/C8H14F3NO3/c1-14-4-5-15-6-7(13)12-3-2-8(9,10)11/h2-6H2,1H3,(H,12,13). The zero-order valence-corrected chi connectivity index (χ0v) is 8.39. The minimum atomic E-state index is -4.25. The van der Waals surface area contributed by atoms with Gasteiger partial charge in [0.1, 0.15) is 6.61 Å². The number of halogens is 3. The van der Waals surface area contributed by atoms with Crippen molar-refractivity contribution in [1.82, 2.24) is 5.32 Å². The molecule has 0 heterocycles. The highest BCUT2D eigenvalue weighted by Gasteiger charge is 2.26. The molecule has 15 heavy (non-hydrogen) atoms. The molecule has 0 radical (unpaired) electrons. The summed E-state index contributed by atoms with van der Waals surface area (Å²) in [7, 11) is 1.48. The fourth-order valence-electron chi connectivity index (χ4n) is 0.702. The smallest absolute Gasteiger partial charge is 0.382 e. The van der Waals surface area contributed by atoms with Crippen LogP contribution in [0.1, 0.15) is 6.42 Å². The molecule has 0 aromatic heterocycles. The van der Waals surface area contributed by atoms with E-state index in [-0.39, 0.29) is 13.2 Å². The summed E-state index contributed by atoms with van der Waals surface area (Å²) >= 11 is 0. The maximum Gasteiger partial charge on any atom is 0.390 e. The molecule has 0 aliphatic rings. The van der Waals surface area contributed by atoms with Gasteiger partial charge in [0.2, 0.25) is 5.91 Å². The van der Waals surface area contributed by atoms with Crippen LogP contribution >= 0.6 is 0 Å². The van der Waals surface area contributed by atoms with Crippen molar-refractivity contribution in [2.75, 3.05) is 33.5 Å². The lowest BCUT2D eigenvalue weighted by Crippen LogP contribution is -2.31. The molecule has 0 aliphatic heterocycles. The monoisotopic (exact) mass is 229 g/mol. The van der Waals surface area contributed by atoms with Gasteiger partial charge in [-0.1, -0.05) is 0 Å². The molecule has 0 atom stereocenters. The number of ether oxygens (including phenoxy) is 2. The number of nitrogens with one attached hydrogen (secondary N) is 1. The summed E-state index contributed by atoms with van der Waals surface area (Å²) in [5.41, 5.74) is 0. The van der Waals surface area contributed by atoms with E-state index in [1.807, 2.05) is 0 Å². The first-order chi connectivity index (χ1) is 6.95. The highest BCUT2D eigenvalue weighted by Crippen LogP contribution is 2.17. The van der Waals surface area contributed by atoms with Gasteiger partial charge in [-0.2, -0.15) is 13.2 Å². The Morgan fingerprint density at radius 3 is 2.53 bits per heavy atom. The second-order valence-electron chi connectivity index (χ2n) is 2.76. The Kier molecular flexibility index (Phi) is 7.06. The summed E-state index contributed by atoms with van der Waals surface area (Å²) in [6, 6.07) is 0. The van der Waals surface area contributed by atoms with Gasteiger partial charge in [-0.25, -0.2) is 0 Å². The number of carbonyl (C=O) groups excluding carboxylic acids is 1. The molecule has 90 valence electrons. The molecule has 7 heteroatoms. The molecular weight excluding hydrogens is 215 g/mol. The summed E-state index contributed by atoms with van der Waals surface area (Å²) in [5, 5.41) is 2.09. The molecule has 0 fully saturated rings. The van der Waals surface area contributed by atoms with Crippen LogP contribution in [0, 0.1) is 0 Å². The highest BCUT2D eigenvalue weighted by atomic mass is 19.4. The fourth-order valence-corrected chi connectivity index (χ4v) is 0.702. The van der Waals surface area contributed by atoms with Crippen molar-refractivity contribution in [3.63, 3.8) is 0 Å². The van der Waals surface area contributed by atoms with Crippen LogP contribution in [0.5, 0.6) is 0 Å². The first-order valence-corrected chi connectivity index (χ1v) is 4.36. The topological polar surface area (TPSA) is 47.6 Å². The van der Waals surface area contributed by atoms with Gasteiger partial charge in [-0.15, -0.1) is 0 Å². The number of methoxy groups -OCH3 is 1. The van der Waals surface area contributed by atoms with Crippen LogP contribution in [-0.4, -0.2) is 45.6 Å². The molecule has 0 saturated heterocycles. The molecule has 0 spiro atoms. The number of carbonyl (C=O) groups is 1. The summed E-state index contributed by atoms with van der Waals surface area (Å²) in [6.07, 6.45) is -5.28. The van der Waals surface area contributed by atoms with Crippen molar-refractivity contribution < 1.29 is 27.4 Å². The average molecular weight is 229 g/mol. The van der Waals surface area contributed by atoms with Crippen LogP contribution in [0.4, 0.5) is 13.2 Å². The lowest BCUT2D eigenvalue weighted by molar-refractivity contribution is -0.136. The first kappa shape index (κ1) is 14.2. The Bertz CT molecular complexity index is 184. The van der Waals surface area contributed by atoms with E-state index >= 15 is 0 Å². The molecule has 1 amide bonds. The molecule has 0 bridgehead atoms. The third-order valence-corrected chi connectivity index (χ3v) is 1.40. The Morgan fingerprint density at radius 2 is 2.00 bits per heavy atom. The minimum Gasteiger partial charge on any atom is -0.382 e. The van der Waals surface area contributed by atoms with Crippen molar-refractivity contribution in [3.05, 3.63) is 0 Å². The van der Waals surface area contributed by atoms with Crippen molar-refractivity contribution in [2.45, 2.75) is 12.6 Å². The average Bonchev–Trinajstić information content (AvgIpc) is 2.10. The van der Waals surface area contributed by atoms with Gasteiger partial charge in [0.25, 0.3) is 0 Å². The van der Waals surface area contributed by atoms with Gasteiger partial charge in [0, 0.05) is 13.7 Å². The normalized spacial score (nSPS) is 11.5. The molecule has 0 aromatic carbocycles. The van der Waals surface area contributed by atoms with E-state index < -0.39 is 25.0 Å². The first-order valence-electron chi connectivity index (χ1n) is 4.36. The van der Waals surface area contributed by atoms with E-state index in [4.69, 9.17) is 4.74 Å². The predicted molar refractivity (Wildman–Crippen MR) is 46.4 cm³/mol. The number of rotatable bonds is 7. The molecular formula is C8H14F3NO3. The second-order valence-corrected chi connectivity index (χ2v) is 2.76. The lowest BCUT2D eigenvalue weighted by Gasteiger charge is -2.08. The summed E-state index contributed by atoms with van der Waals surface area (Å²) in [4.78, 5) is 10.8. The summed E-state index contributed by atoms with van der Waals surface area (Å²) in [6.45, 7) is -0.0871. The van der Waals surface area contributed by atoms with Crippen LogP contribution in [0.3, 0.4) is 0 Å². The predicted octanol–water partition coefficient (Wildman–Crippen LogP) is 0.718. The summed E-state index contributed by atoms with van der Waals surface area (Å²) < 4.78 is 44.4. The lowest BCUT2D eigenvalue weighted by atomic mass is 10.4. The maximum absolute atomic E-state index is 11.7. The van der Waals surface area contributed by atoms with E-state index in [1.54, 1.807) is 0 Å². The highest BCUT2D eigenvalue weighted by molar-refractivity contribution is 5.77. The largest absolute Gasteiger partial charge is 0.390 e. The second kappa shape index (κ2) is 7.47. The van der Waals surface area contributed by atoms with E-state index in [9.17, 15) is 18.0 Å². The molecule has 0 unspecified atom stereocenters. The van der Waals surface area contributed by atoms with E-state index in [2.05, 4.69) is 10.1 Å². The third kappa shape index (κ3) is 11.1. The van der Waals surface area contributed by atoms with Crippen molar-refractivity contribution in [3.8, 4) is 0 Å². The number of hydrogen-bond acceptors (Lipinski definition) is 3. The van der Waals surface area contributed by atoms with Gasteiger partial charge in [-0.3, -0.25) is 4.79 Å². The van der Waals surface area contributed by atoms with E-state index in [0.29, 0.717) is 6.61 Å². The maximum atomic E-state index is 11.7. The van der Waals surface area contributed by atoms with Crippen molar-refractivity contribution in [2.24, 2.45) is 0 Å². The minimum absolute atomic E-state index is 0.239. The Hall–Kier alpha value is -0.820. The van der Waals surface area contributed by atoms with Gasteiger partial charge in [-0.05, 0) is 0 Å². The molecule has 0 saturated carbocycles. The molecule has 4 nitrogen and oxygen atoms in total. The Balaban J connectivity index is 3.34. The molecule has 0 aliphatic carbocycles. The zero-order valence-electron chi connectivity index (χ0n) is 8.39. The molecule has 0 aromatic rings. The van der Waals surface area contributed by atoms with Crippen LogP contribution in [-0.2, 0) is 14.3 Å². The van der Waals surface area contributed by atoms with Crippen LogP contribution in [0.2, 0.25) is 0 Å². The van der Waals surface area contributed by atoms with Crippen molar-refractivity contribution in [1.29, 1.82) is 0 Å². The van der Waals surface area contributed by atoms with Crippen LogP contribution < -0.4 is 5.32 Å². The number of alkyl halides is 3. The zero-order chi connectivity index (χ0) is 11.7. The fraction of sp³-hybridized carbons (Fsp3) is 0.875. The molecule has 0 rings (SSSR count). The van der Waals surface area contributed by atoms with Crippen LogP contribution in [0.25, 0.3) is 0 Å². The Morgan fingerprint density at radius 1 is 1.33 bits per heavy atom. The molecule has 1 N–H and O–H groups in total. The van der Waals surface area contributed by atoms with Gasteiger partial charge in [0.15, 0.2) is 0 Å². The Labute approximate surface area is 85.7 Å². The van der Waals surface area contributed by atoms with E-state index in [0.717, 1.165) is 0 Å². The van der Waals surface area contributed by atoms with Gasteiger partial charge < -0.3 is 14.8 Å². The van der Waals surface area contributed by atoms with Gasteiger partial charge >= 0.3 is 6.18 Å². The number of hydrogen-bond donors (Lipinski definition) is 1. The van der Waals surface area contributed by atoms with E-state index in [1.165, 1.54) is 7.11 Å². The SMILES string of the molecule is COCCOCC(=O)NCCC(F)(F)F. The van der Waals surface area contributed by atoms with Gasteiger partial charge in [0.05, 0.1) is 19.6 Å². The van der Waals surface area contributed by atoms with Crippen LogP contribution in [0.15, 0.2) is 0 Å². The third-order valence-electron chi connectivity index (χ3n) is 1.40.